The molecule has 1 aromatic rings. The zero-order chi connectivity index (χ0) is 9.19. The molecule has 1 aromatic carbocycles. The van der Waals surface area contributed by atoms with Crippen molar-refractivity contribution in [1.82, 2.24) is 0 Å². The monoisotopic (exact) mass is 248 g/mol. The Labute approximate surface area is 85.5 Å². The quantitative estimate of drug-likeness (QED) is 0.799. The van der Waals surface area contributed by atoms with E-state index in [-0.39, 0.29) is 4.83 Å². The van der Waals surface area contributed by atoms with Crippen molar-refractivity contribution in [3.05, 3.63) is 35.9 Å². The smallest absolute Gasteiger partial charge is 0.176 e. The van der Waals surface area contributed by atoms with E-state index in [1.807, 2.05) is 18.2 Å². The SMILES string of the molecule is CC(Br)C(O)(Cl)c1ccccc1. The van der Waals surface area contributed by atoms with Crippen LogP contribution in [0.3, 0.4) is 0 Å². The fourth-order valence-corrected chi connectivity index (χ4v) is 1.29. The van der Waals surface area contributed by atoms with Gasteiger partial charge in [0.1, 0.15) is 0 Å². The van der Waals surface area contributed by atoms with Crippen LogP contribution in [0.1, 0.15) is 12.5 Å². The molecule has 0 aliphatic carbocycles. The van der Waals surface area contributed by atoms with E-state index in [4.69, 9.17) is 11.6 Å². The molecule has 1 nitrogen and oxygen atoms in total. The molecule has 1 rings (SSSR count). The first-order valence-corrected chi connectivity index (χ1v) is 4.95. The lowest BCUT2D eigenvalue weighted by atomic mass is 10.1. The summed E-state index contributed by atoms with van der Waals surface area (Å²) < 4.78 is 0. The van der Waals surface area contributed by atoms with Gasteiger partial charge in [-0.3, -0.25) is 0 Å². The van der Waals surface area contributed by atoms with Gasteiger partial charge in [-0.2, -0.15) is 0 Å². The lowest BCUT2D eigenvalue weighted by Crippen LogP contribution is -2.26. The van der Waals surface area contributed by atoms with E-state index in [0.717, 1.165) is 0 Å². The van der Waals surface area contributed by atoms with Crippen LogP contribution in [0.2, 0.25) is 0 Å². The second kappa shape index (κ2) is 3.77. The average Bonchev–Trinajstić information content (AvgIpc) is 2.06. The van der Waals surface area contributed by atoms with Gasteiger partial charge in [0.05, 0.1) is 4.83 Å². The molecule has 1 N–H and O–H groups in total. The van der Waals surface area contributed by atoms with Crippen LogP contribution in [-0.4, -0.2) is 9.93 Å². The summed E-state index contributed by atoms with van der Waals surface area (Å²) in [7, 11) is 0. The Morgan fingerprint density at radius 3 is 2.33 bits per heavy atom. The molecule has 3 heteroatoms. The normalized spacial score (nSPS) is 18.3. The standard InChI is InChI=1S/C9H10BrClO/c1-7(10)9(11,12)8-5-3-2-4-6-8/h2-7,12H,1H3. The van der Waals surface area contributed by atoms with Crippen molar-refractivity contribution in [2.45, 2.75) is 16.8 Å². The van der Waals surface area contributed by atoms with E-state index in [1.54, 1.807) is 19.1 Å². The zero-order valence-corrected chi connectivity index (χ0v) is 9.01. The summed E-state index contributed by atoms with van der Waals surface area (Å²) in [6, 6.07) is 9.17. The van der Waals surface area contributed by atoms with E-state index in [0.29, 0.717) is 5.56 Å². The average molecular weight is 250 g/mol. The first-order valence-electron chi connectivity index (χ1n) is 3.66. The van der Waals surface area contributed by atoms with Gasteiger partial charge in [0, 0.05) is 0 Å². The number of hydrogen-bond donors (Lipinski definition) is 1. The number of benzene rings is 1. The molecule has 0 aliphatic heterocycles. The fourth-order valence-electron chi connectivity index (χ4n) is 0.902. The van der Waals surface area contributed by atoms with Crippen molar-refractivity contribution >= 4 is 27.5 Å². The molecular formula is C9H10BrClO. The van der Waals surface area contributed by atoms with E-state index in [1.165, 1.54) is 0 Å². The second-order valence-electron chi connectivity index (χ2n) is 2.66. The number of rotatable bonds is 2. The predicted molar refractivity (Wildman–Crippen MR) is 54.6 cm³/mol. The number of aliphatic hydroxyl groups is 1. The van der Waals surface area contributed by atoms with Crippen LogP contribution in [0.5, 0.6) is 0 Å². The van der Waals surface area contributed by atoms with Crippen molar-refractivity contribution in [2.24, 2.45) is 0 Å². The van der Waals surface area contributed by atoms with Crippen molar-refractivity contribution in [3.63, 3.8) is 0 Å². The van der Waals surface area contributed by atoms with Gasteiger partial charge in [0.15, 0.2) is 5.06 Å². The van der Waals surface area contributed by atoms with Gasteiger partial charge >= 0.3 is 0 Å². The molecule has 0 heterocycles. The third-order valence-electron chi connectivity index (χ3n) is 1.71. The van der Waals surface area contributed by atoms with Gasteiger partial charge in [-0.05, 0) is 12.5 Å². The Balaban J connectivity index is 2.98. The van der Waals surface area contributed by atoms with Crippen LogP contribution < -0.4 is 0 Å². The van der Waals surface area contributed by atoms with Crippen LogP contribution >= 0.6 is 27.5 Å². The Bertz CT molecular complexity index is 246. The zero-order valence-electron chi connectivity index (χ0n) is 6.67. The van der Waals surface area contributed by atoms with Gasteiger partial charge in [0.2, 0.25) is 0 Å². The molecule has 0 amide bonds. The molecule has 0 fully saturated rings. The molecule has 0 radical (unpaired) electrons. The van der Waals surface area contributed by atoms with Crippen LogP contribution in [0.15, 0.2) is 30.3 Å². The largest absolute Gasteiger partial charge is 0.370 e. The van der Waals surface area contributed by atoms with E-state index in [9.17, 15) is 5.11 Å². The molecular weight excluding hydrogens is 239 g/mol. The lowest BCUT2D eigenvalue weighted by molar-refractivity contribution is 0.132. The topological polar surface area (TPSA) is 20.2 Å². The number of halogens is 2. The highest BCUT2D eigenvalue weighted by Crippen LogP contribution is 2.33. The Morgan fingerprint density at radius 1 is 1.42 bits per heavy atom. The molecule has 0 aliphatic rings. The van der Waals surface area contributed by atoms with Gasteiger partial charge in [-0.25, -0.2) is 0 Å². The number of alkyl halides is 2. The van der Waals surface area contributed by atoms with Crippen molar-refractivity contribution in [3.8, 4) is 0 Å². The van der Waals surface area contributed by atoms with E-state index >= 15 is 0 Å². The van der Waals surface area contributed by atoms with Crippen LogP contribution in [0, 0.1) is 0 Å². The number of hydrogen-bond acceptors (Lipinski definition) is 1. The fraction of sp³-hybridized carbons (Fsp3) is 0.333. The minimum Gasteiger partial charge on any atom is -0.370 e. The predicted octanol–water partition coefficient (Wildman–Crippen LogP) is 2.85. The first kappa shape index (κ1) is 10.0. The molecule has 0 bridgehead atoms. The van der Waals surface area contributed by atoms with E-state index in [2.05, 4.69) is 15.9 Å². The van der Waals surface area contributed by atoms with E-state index < -0.39 is 5.06 Å². The summed E-state index contributed by atoms with van der Waals surface area (Å²) >= 11 is 9.16. The van der Waals surface area contributed by atoms with Crippen molar-refractivity contribution < 1.29 is 5.11 Å². The highest BCUT2D eigenvalue weighted by atomic mass is 79.9. The van der Waals surface area contributed by atoms with Crippen molar-refractivity contribution in [2.75, 3.05) is 0 Å². The maximum absolute atomic E-state index is 9.78. The summed E-state index contributed by atoms with van der Waals surface area (Å²) in [5.74, 6) is 0. The summed E-state index contributed by atoms with van der Waals surface area (Å²) in [6.45, 7) is 1.81. The lowest BCUT2D eigenvalue weighted by Gasteiger charge is -2.23. The minimum absolute atomic E-state index is 0.186. The summed E-state index contributed by atoms with van der Waals surface area (Å²) in [5, 5.41) is 8.46. The summed E-state index contributed by atoms with van der Waals surface area (Å²) in [6.07, 6.45) is 0. The van der Waals surface area contributed by atoms with Crippen molar-refractivity contribution in [1.29, 1.82) is 0 Å². The highest BCUT2D eigenvalue weighted by Gasteiger charge is 2.31. The van der Waals surface area contributed by atoms with Gasteiger partial charge in [-0.1, -0.05) is 57.9 Å². The molecule has 12 heavy (non-hydrogen) atoms. The Hall–Kier alpha value is -0.0500. The summed E-state index contributed by atoms with van der Waals surface area (Å²) in [5.41, 5.74) is 0.705. The van der Waals surface area contributed by atoms with Crippen LogP contribution in [-0.2, 0) is 5.06 Å². The molecule has 2 unspecified atom stereocenters. The van der Waals surface area contributed by atoms with Gasteiger partial charge in [-0.15, -0.1) is 0 Å². The molecule has 0 saturated heterocycles. The Morgan fingerprint density at radius 2 is 1.92 bits per heavy atom. The summed E-state index contributed by atoms with van der Waals surface area (Å²) in [4.78, 5) is -0.186. The highest BCUT2D eigenvalue weighted by molar-refractivity contribution is 9.09. The molecule has 0 aromatic heterocycles. The molecule has 2 atom stereocenters. The maximum atomic E-state index is 9.78. The van der Waals surface area contributed by atoms with Crippen LogP contribution in [0.4, 0.5) is 0 Å². The molecule has 0 spiro atoms. The molecule has 66 valence electrons. The third-order valence-corrected chi connectivity index (χ3v) is 3.18. The van der Waals surface area contributed by atoms with Gasteiger partial charge < -0.3 is 5.11 Å². The molecule has 0 saturated carbocycles. The second-order valence-corrected chi connectivity index (χ2v) is 4.61. The minimum atomic E-state index is -1.32. The van der Waals surface area contributed by atoms with Gasteiger partial charge in [0.25, 0.3) is 0 Å². The third kappa shape index (κ3) is 2.00. The first-order chi connectivity index (χ1) is 5.55. The van der Waals surface area contributed by atoms with Crippen LogP contribution in [0.25, 0.3) is 0 Å². The Kier molecular flexibility index (Phi) is 3.16. The maximum Gasteiger partial charge on any atom is 0.176 e.